The summed E-state index contributed by atoms with van der Waals surface area (Å²) in [6.07, 6.45) is 1.98. The Kier molecular flexibility index (Phi) is 5.71. The Hall–Kier alpha value is -2.52. The minimum absolute atomic E-state index is 0.190. The average Bonchev–Trinajstić information content (AvgIpc) is 2.66. The first-order chi connectivity index (χ1) is 12.9. The van der Waals surface area contributed by atoms with Crippen LogP contribution in [0.3, 0.4) is 0 Å². The van der Waals surface area contributed by atoms with Crippen LogP contribution in [0.2, 0.25) is 0 Å². The predicted molar refractivity (Wildman–Crippen MR) is 101 cm³/mol. The van der Waals surface area contributed by atoms with E-state index in [2.05, 4.69) is 20.8 Å². The molecule has 2 N–H and O–H groups in total. The van der Waals surface area contributed by atoms with Crippen LogP contribution >= 0.6 is 0 Å². The van der Waals surface area contributed by atoms with Gasteiger partial charge in [-0.25, -0.2) is 18.4 Å². The van der Waals surface area contributed by atoms with Crippen LogP contribution in [0.4, 0.5) is 5.95 Å². The lowest BCUT2D eigenvalue weighted by molar-refractivity contribution is -0.125. The monoisotopic (exact) mass is 389 g/mol. The van der Waals surface area contributed by atoms with Gasteiger partial charge < -0.3 is 0 Å². The van der Waals surface area contributed by atoms with Gasteiger partial charge in [-0.1, -0.05) is 24.6 Å². The lowest BCUT2D eigenvalue weighted by atomic mass is 10.0. The summed E-state index contributed by atoms with van der Waals surface area (Å²) in [6.45, 7) is 3.98. The van der Waals surface area contributed by atoms with E-state index < -0.39 is 22.0 Å². The molecule has 1 aliphatic heterocycles. The zero-order chi connectivity index (χ0) is 19.4. The van der Waals surface area contributed by atoms with Crippen molar-refractivity contribution in [3.05, 3.63) is 47.8 Å². The Morgan fingerprint density at radius 3 is 2.44 bits per heavy atom. The summed E-state index contributed by atoms with van der Waals surface area (Å²) in [5, 5.41) is 0. The van der Waals surface area contributed by atoms with Gasteiger partial charge in [0.2, 0.25) is 16.0 Å². The number of sulfonamides is 1. The molecule has 3 rings (SSSR count). The molecule has 0 spiro atoms. The van der Waals surface area contributed by atoms with E-state index in [-0.39, 0.29) is 10.8 Å². The number of aromatic nitrogens is 2. The number of carbonyl (C=O) groups is 1. The molecule has 1 amide bonds. The van der Waals surface area contributed by atoms with Crippen molar-refractivity contribution in [2.45, 2.75) is 44.0 Å². The van der Waals surface area contributed by atoms with Crippen LogP contribution in [0, 0.1) is 13.8 Å². The van der Waals surface area contributed by atoms with E-state index in [1.807, 2.05) is 19.9 Å². The highest BCUT2D eigenvalue weighted by Crippen LogP contribution is 2.25. The van der Waals surface area contributed by atoms with Crippen molar-refractivity contribution in [2.75, 3.05) is 12.0 Å². The maximum atomic E-state index is 13.0. The van der Waals surface area contributed by atoms with Crippen LogP contribution in [0.5, 0.6) is 0 Å². The molecule has 1 saturated heterocycles. The smallest absolute Gasteiger partial charge is 0.256 e. The largest absolute Gasteiger partial charge is 0.271 e. The molecule has 1 aromatic heterocycles. The van der Waals surface area contributed by atoms with Gasteiger partial charge in [0.25, 0.3) is 5.91 Å². The number of hydrazine groups is 1. The molecule has 0 aliphatic carbocycles. The van der Waals surface area contributed by atoms with Crippen molar-refractivity contribution in [3.63, 3.8) is 0 Å². The third-order valence-electron chi connectivity index (χ3n) is 4.39. The average molecular weight is 389 g/mol. The summed E-state index contributed by atoms with van der Waals surface area (Å²) < 4.78 is 27.2. The minimum Gasteiger partial charge on any atom is -0.271 e. The Labute approximate surface area is 159 Å². The highest BCUT2D eigenvalue weighted by molar-refractivity contribution is 7.89. The number of benzene rings is 1. The van der Waals surface area contributed by atoms with E-state index in [0.717, 1.165) is 24.2 Å². The van der Waals surface area contributed by atoms with Crippen molar-refractivity contribution >= 4 is 21.9 Å². The van der Waals surface area contributed by atoms with Gasteiger partial charge in [-0.2, -0.15) is 4.31 Å². The maximum Gasteiger partial charge on any atom is 0.256 e. The molecule has 0 radical (unpaired) electrons. The van der Waals surface area contributed by atoms with Gasteiger partial charge >= 0.3 is 0 Å². The van der Waals surface area contributed by atoms with E-state index in [0.29, 0.717) is 13.0 Å². The van der Waals surface area contributed by atoms with E-state index in [1.54, 1.807) is 30.3 Å². The Morgan fingerprint density at radius 2 is 1.78 bits per heavy atom. The van der Waals surface area contributed by atoms with Gasteiger partial charge in [0.1, 0.15) is 6.04 Å². The van der Waals surface area contributed by atoms with Crippen LogP contribution in [-0.2, 0) is 14.8 Å². The molecule has 27 heavy (non-hydrogen) atoms. The molecule has 1 aliphatic rings. The molecule has 1 aromatic carbocycles. The highest BCUT2D eigenvalue weighted by Gasteiger charge is 2.37. The van der Waals surface area contributed by atoms with Crippen molar-refractivity contribution in [1.82, 2.24) is 19.7 Å². The first kappa shape index (κ1) is 19.2. The fourth-order valence-corrected chi connectivity index (χ4v) is 4.84. The normalized spacial score (nSPS) is 18.1. The maximum absolute atomic E-state index is 13.0. The van der Waals surface area contributed by atoms with Gasteiger partial charge in [-0.05, 0) is 44.9 Å². The molecule has 1 atom stereocenters. The van der Waals surface area contributed by atoms with E-state index in [1.165, 1.54) is 4.31 Å². The topological polar surface area (TPSA) is 104 Å². The molecule has 1 fully saturated rings. The molecule has 2 aromatic rings. The second kappa shape index (κ2) is 8.01. The molecular weight excluding hydrogens is 366 g/mol. The van der Waals surface area contributed by atoms with Crippen molar-refractivity contribution in [1.29, 1.82) is 0 Å². The quantitative estimate of drug-likeness (QED) is 0.756. The van der Waals surface area contributed by atoms with Crippen molar-refractivity contribution < 1.29 is 13.2 Å². The standard InChI is InChI=1S/C18H23N5O3S/c1-13-12-14(2)20-18(19-13)22-21-17(24)16-10-6-7-11-23(16)27(25,26)15-8-4-3-5-9-15/h3-5,8-9,12,16H,6-7,10-11H2,1-2H3,(H,21,24)(H,19,20,22). The molecular formula is C18H23N5O3S. The summed E-state index contributed by atoms with van der Waals surface area (Å²) in [7, 11) is -3.74. The van der Waals surface area contributed by atoms with Crippen LogP contribution in [0.15, 0.2) is 41.3 Å². The van der Waals surface area contributed by atoms with Crippen molar-refractivity contribution in [3.8, 4) is 0 Å². The number of hydrogen-bond donors (Lipinski definition) is 2. The number of anilines is 1. The summed E-state index contributed by atoms with van der Waals surface area (Å²) in [4.78, 5) is 21.3. The lowest BCUT2D eigenvalue weighted by Crippen LogP contribution is -2.52. The molecule has 9 heteroatoms. The Morgan fingerprint density at radius 1 is 1.11 bits per heavy atom. The number of piperidine rings is 1. The summed E-state index contributed by atoms with van der Waals surface area (Å²) in [6, 6.07) is 9.23. The minimum atomic E-state index is -3.74. The number of rotatable bonds is 5. The first-order valence-electron chi connectivity index (χ1n) is 8.83. The highest BCUT2D eigenvalue weighted by atomic mass is 32.2. The number of hydrogen-bond acceptors (Lipinski definition) is 6. The first-order valence-corrected chi connectivity index (χ1v) is 10.3. The summed E-state index contributed by atoms with van der Waals surface area (Å²) >= 11 is 0. The molecule has 144 valence electrons. The summed E-state index contributed by atoms with van der Waals surface area (Å²) in [5.74, 6) is -0.147. The number of carbonyl (C=O) groups excluding carboxylic acids is 1. The van der Waals surface area contributed by atoms with Gasteiger partial charge in [0.15, 0.2) is 0 Å². The zero-order valence-electron chi connectivity index (χ0n) is 15.3. The van der Waals surface area contributed by atoms with E-state index >= 15 is 0 Å². The second-order valence-electron chi connectivity index (χ2n) is 6.53. The van der Waals surface area contributed by atoms with Crippen molar-refractivity contribution in [2.24, 2.45) is 0 Å². The number of nitrogens with one attached hydrogen (secondary N) is 2. The third-order valence-corrected chi connectivity index (χ3v) is 6.31. The van der Waals surface area contributed by atoms with Gasteiger partial charge in [-0.15, -0.1) is 0 Å². The predicted octanol–water partition coefficient (Wildman–Crippen LogP) is 1.78. The van der Waals surface area contributed by atoms with Crippen LogP contribution in [-0.4, -0.2) is 41.2 Å². The van der Waals surface area contributed by atoms with Crippen LogP contribution in [0.25, 0.3) is 0 Å². The Balaban J connectivity index is 1.75. The molecule has 0 saturated carbocycles. The number of nitrogens with zero attached hydrogens (tertiary/aromatic N) is 3. The molecule has 8 nitrogen and oxygen atoms in total. The SMILES string of the molecule is Cc1cc(C)nc(NNC(=O)C2CCCCN2S(=O)(=O)c2ccccc2)n1. The number of amides is 1. The van der Waals surface area contributed by atoms with E-state index in [4.69, 9.17) is 0 Å². The summed E-state index contributed by atoms with van der Waals surface area (Å²) in [5.41, 5.74) is 6.79. The molecule has 2 heterocycles. The fraction of sp³-hybridized carbons (Fsp3) is 0.389. The van der Waals surface area contributed by atoms with Crippen LogP contribution < -0.4 is 10.9 Å². The molecule has 1 unspecified atom stereocenters. The van der Waals surface area contributed by atoms with E-state index in [9.17, 15) is 13.2 Å². The van der Waals surface area contributed by atoms with Gasteiger partial charge in [-0.3, -0.25) is 15.6 Å². The zero-order valence-corrected chi connectivity index (χ0v) is 16.2. The second-order valence-corrected chi connectivity index (χ2v) is 8.42. The lowest BCUT2D eigenvalue weighted by Gasteiger charge is -2.33. The molecule has 0 bridgehead atoms. The third kappa shape index (κ3) is 4.42. The number of aryl methyl sites for hydroxylation is 2. The fourth-order valence-electron chi connectivity index (χ4n) is 3.17. The Bertz CT molecular complexity index is 898. The van der Waals surface area contributed by atoms with Gasteiger partial charge in [0.05, 0.1) is 4.90 Å². The van der Waals surface area contributed by atoms with Gasteiger partial charge in [0, 0.05) is 17.9 Å². The van der Waals surface area contributed by atoms with Crippen LogP contribution in [0.1, 0.15) is 30.7 Å².